The second kappa shape index (κ2) is 6.33. The molecule has 0 bridgehead atoms. The third kappa shape index (κ3) is 3.54. The fourth-order valence-corrected chi connectivity index (χ4v) is 1.97. The van der Waals surface area contributed by atoms with E-state index in [1.165, 1.54) is 0 Å². The first-order valence-corrected chi connectivity index (χ1v) is 6.52. The second-order valence-electron chi connectivity index (χ2n) is 4.58. The summed E-state index contributed by atoms with van der Waals surface area (Å²) in [4.78, 5) is 19.3. The Bertz CT molecular complexity index is 563. The zero-order valence-electron chi connectivity index (χ0n) is 11.1. The highest BCUT2D eigenvalue weighted by Gasteiger charge is 2.07. The van der Waals surface area contributed by atoms with Gasteiger partial charge in [-0.3, -0.25) is 4.79 Å². The van der Waals surface area contributed by atoms with Gasteiger partial charge in [0.2, 0.25) is 5.91 Å². The molecular formula is C14H19N3O2. The van der Waals surface area contributed by atoms with Crippen LogP contribution in [-0.2, 0) is 11.2 Å². The van der Waals surface area contributed by atoms with E-state index >= 15 is 0 Å². The quantitative estimate of drug-likeness (QED) is 0.686. The molecule has 0 aliphatic carbocycles. The monoisotopic (exact) mass is 261 g/mol. The summed E-state index contributed by atoms with van der Waals surface area (Å²) in [6.45, 7) is 2.65. The minimum absolute atomic E-state index is 0.00868. The molecule has 0 spiro atoms. The van der Waals surface area contributed by atoms with Crippen molar-refractivity contribution in [3.05, 3.63) is 29.6 Å². The molecule has 0 radical (unpaired) electrons. The summed E-state index contributed by atoms with van der Waals surface area (Å²) in [5, 5.41) is 11.4. The molecule has 5 nitrogen and oxygen atoms in total. The maximum absolute atomic E-state index is 11.5. The van der Waals surface area contributed by atoms with Crippen LogP contribution in [0.1, 0.15) is 24.2 Å². The number of aliphatic hydroxyl groups is 1. The van der Waals surface area contributed by atoms with Crippen molar-refractivity contribution in [2.75, 3.05) is 13.2 Å². The maximum atomic E-state index is 11.5. The van der Waals surface area contributed by atoms with Gasteiger partial charge in [0.15, 0.2) is 0 Å². The highest BCUT2D eigenvalue weighted by atomic mass is 16.3. The number of nitrogens with one attached hydrogen (secondary N) is 2. The molecule has 1 aromatic carbocycles. The van der Waals surface area contributed by atoms with Crippen LogP contribution in [0.5, 0.6) is 0 Å². The summed E-state index contributed by atoms with van der Waals surface area (Å²) in [5.74, 6) is 0.826. The van der Waals surface area contributed by atoms with Crippen LogP contribution in [0.3, 0.4) is 0 Å². The molecule has 19 heavy (non-hydrogen) atoms. The molecule has 102 valence electrons. The zero-order chi connectivity index (χ0) is 13.7. The van der Waals surface area contributed by atoms with Crippen LogP contribution in [0.15, 0.2) is 18.2 Å². The largest absolute Gasteiger partial charge is 0.396 e. The average molecular weight is 261 g/mol. The Hall–Kier alpha value is -1.88. The molecule has 2 aromatic rings. The number of para-hydroxylation sites is 1. The molecule has 0 saturated heterocycles. The predicted octanol–water partition coefficient (Wildman–Crippen LogP) is 1.30. The molecule has 0 aliphatic rings. The minimum atomic E-state index is -0.00868. The van der Waals surface area contributed by atoms with Crippen molar-refractivity contribution in [1.82, 2.24) is 15.3 Å². The standard InChI is InChI=1S/C14H19N3O2/c1-10-4-2-5-11-14(10)17-12(16-11)6-7-13(19)15-8-3-9-18/h2,4-5,18H,3,6-9H2,1H3,(H,15,19)(H,16,17). The van der Waals surface area contributed by atoms with Crippen molar-refractivity contribution in [2.45, 2.75) is 26.2 Å². The van der Waals surface area contributed by atoms with Gasteiger partial charge in [0.25, 0.3) is 0 Å². The number of aromatic nitrogens is 2. The van der Waals surface area contributed by atoms with E-state index in [1.54, 1.807) is 0 Å². The van der Waals surface area contributed by atoms with E-state index in [0.29, 0.717) is 25.8 Å². The lowest BCUT2D eigenvalue weighted by Gasteiger charge is -2.02. The molecule has 0 aliphatic heterocycles. The Labute approximate surface area is 112 Å². The number of hydrogen-bond donors (Lipinski definition) is 3. The average Bonchev–Trinajstić information content (AvgIpc) is 2.81. The van der Waals surface area contributed by atoms with E-state index in [2.05, 4.69) is 15.3 Å². The van der Waals surface area contributed by atoms with E-state index in [1.807, 2.05) is 25.1 Å². The third-order valence-electron chi connectivity index (χ3n) is 3.01. The SMILES string of the molecule is Cc1cccc2[nH]c(CCC(=O)NCCCO)nc12. The molecule has 2 rings (SSSR count). The summed E-state index contributed by atoms with van der Waals surface area (Å²) in [6, 6.07) is 6.00. The van der Waals surface area contributed by atoms with Gasteiger partial charge in [-0.25, -0.2) is 4.98 Å². The number of aromatic amines is 1. The molecule has 1 aromatic heterocycles. The number of rotatable bonds is 6. The van der Waals surface area contributed by atoms with Crippen LogP contribution in [0, 0.1) is 6.92 Å². The van der Waals surface area contributed by atoms with Crippen LogP contribution >= 0.6 is 0 Å². The smallest absolute Gasteiger partial charge is 0.220 e. The lowest BCUT2D eigenvalue weighted by Crippen LogP contribution is -2.25. The van der Waals surface area contributed by atoms with Gasteiger partial charge >= 0.3 is 0 Å². The summed E-state index contributed by atoms with van der Waals surface area (Å²) in [5.41, 5.74) is 3.11. The van der Waals surface area contributed by atoms with Crippen molar-refractivity contribution in [3.63, 3.8) is 0 Å². The Morgan fingerprint density at radius 1 is 1.47 bits per heavy atom. The summed E-state index contributed by atoms with van der Waals surface area (Å²) < 4.78 is 0. The van der Waals surface area contributed by atoms with Gasteiger partial charge in [-0.2, -0.15) is 0 Å². The Morgan fingerprint density at radius 2 is 2.32 bits per heavy atom. The first-order chi connectivity index (χ1) is 9.20. The van der Waals surface area contributed by atoms with Gasteiger partial charge in [0, 0.05) is 26.0 Å². The van der Waals surface area contributed by atoms with E-state index in [9.17, 15) is 4.79 Å². The van der Waals surface area contributed by atoms with Gasteiger partial charge in [-0.15, -0.1) is 0 Å². The topological polar surface area (TPSA) is 78.0 Å². The Balaban J connectivity index is 1.91. The van der Waals surface area contributed by atoms with E-state index in [0.717, 1.165) is 22.4 Å². The van der Waals surface area contributed by atoms with Crippen molar-refractivity contribution < 1.29 is 9.90 Å². The molecule has 0 fully saturated rings. The fourth-order valence-electron chi connectivity index (χ4n) is 1.97. The number of carbonyl (C=O) groups excluding carboxylic acids is 1. The second-order valence-corrected chi connectivity index (χ2v) is 4.58. The number of hydrogen-bond acceptors (Lipinski definition) is 3. The Kier molecular flexibility index (Phi) is 4.52. The van der Waals surface area contributed by atoms with Gasteiger partial charge < -0.3 is 15.4 Å². The number of carbonyl (C=O) groups is 1. The van der Waals surface area contributed by atoms with E-state index < -0.39 is 0 Å². The van der Waals surface area contributed by atoms with Gasteiger partial charge in [-0.05, 0) is 25.0 Å². The molecular weight excluding hydrogens is 242 g/mol. The number of fused-ring (bicyclic) bond motifs is 1. The van der Waals surface area contributed by atoms with Crippen molar-refractivity contribution >= 4 is 16.9 Å². The van der Waals surface area contributed by atoms with Gasteiger partial charge in [0.05, 0.1) is 11.0 Å². The van der Waals surface area contributed by atoms with Crippen LogP contribution < -0.4 is 5.32 Å². The number of H-pyrrole nitrogens is 1. The lowest BCUT2D eigenvalue weighted by atomic mass is 10.2. The number of nitrogens with zero attached hydrogens (tertiary/aromatic N) is 1. The van der Waals surface area contributed by atoms with E-state index in [4.69, 9.17) is 5.11 Å². The van der Waals surface area contributed by atoms with Crippen molar-refractivity contribution in [3.8, 4) is 0 Å². The molecule has 0 atom stereocenters. The molecule has 0 unspecified atom stereocenters. The minimum Gasteiger partial charge on any atom is -0.396 e. The van der Waals surface area contributed by atoms with Crippen molar-refractivity contribution in [2.24, 2.45) is 0 Å². The summed E-state index contributed by atoms with van der Waals surface area (Å²) in [6.07, 6.45) is 1.60. The first-order valence-electron chi connectivity index (χ1n) is 6.52. The van der Waals surface area contributed by atoms with Gasteiger partial charge in [0.1, 0.15) is 5.82 Å². The number of aryl methyl sites for hydroxylation is 2. The fraction of sp³-hybridized carbons (Fsp3) is 0.429. The third-order valence-corrected chi connectivity index (χ3v) is 3.01. The number of aliphatic hydroxyl groups excluding tert-OH is 1. The molecule has 1 heterocycles. The Morgan fingerprint density at radius 3 is 3.05 bits per heavy atom. The molecule has 0 saturated carbocycles. The molecule has 3 N–H and O–H groups in total. The van der Waals surface area contributed by atoms with Crippen LogP contribution in [-0.4, -0.2) is 34.1 Å². The summed E-state index contributed by atoms with van der Waals surface area (Å²) in [7, 11) is 0. The van der Waals surface area contributed by atoms with E-state index in [-0.39, 0.29) is 12.5 Å². The maximum Gasteiger partial charge on any atom is 0.220 e. The zero-order valence-corrected chi connectivity index (χ0v) is 11.1. The highest BCUT2D eigenvalue weighted by Crippen LogP contribution is 2.15. The van der Waals surface area contributed by atoms with Crippen LogP contribution in [0.25, 0.3) is 11.0 Å². The van der Waals surface area contributed by atoms with Crippen LogP contribution in [0.2, 0.25) is 0 Å². The highest BCUT2D eigenvalue weighted by molar-refractivity contribution is 5.79. The lowest BCUT2D eigenvalue weighted by molar-refractivity contribution is -0.121. The number of benzene rings is 1. The number of amides is 1. The number of imidazole rings is 1. The van der Waals surface area contributed by atoms with Gasteiger partial charge in [-0.1, -0.05) is 12.1 Å². The van der Waals surface area contributed by atoms with Crippen molar-refractivity contribution in [1.29, 1.82) is 0 Å². The molecule has 1 amide bonds. The predicted molar refractivity (Wildman–Crippen MR) is 73.9 cm³/mol. The van der Waals surface area contributed by atoms with Crippen LogP contribution in [0.4, 0.5) is 0 Å². The molecule has 5 heteroatoms. The summed E-state index contributed by atoms with van der Waals surface area (Å²) >= 11 is 0. The first kappa shape index (κ1) is 13.5. The normalized spacial score (nSPS) is 10.8.